The number of para-hydroxylation sites is 1. The molecule has 0 saturated heterocycles. The number of hydrogen-bond acceptors (Lipinski definition) is 4. The second-order valence-corrected chi connectivity index (χ2v) is 5.93. The number of thiazole rings is 1. The SMILES string of the molecule is COCCn1c(=NC(=O)c2ccco2)sc2cccc(Cl)c21. The van der Waals surface area contributed by atoms with Gasteiger partial charge in [0.15, 0.2) is 10.6 Å². The van der Waals surface area contributed by atoms with Crippen LogP contribution in [0.3, 0.4) is 0 Å². The van der Waals surface area contributed by atoms with E-state index in [0.29, 0.717) is 23.0 Å². The molecule has 0 aliphatic heterocycles. The third-order valence-electron chi connectivity index (χ3n) is 3.10. The molecule has 0 fully saturated rings. The summed E-state index contributed by atoms with van der Waals surface area (Å²) in [6.45, 7) is 1.06. The summed E-state index contributed by atoms with van der Waals surface area (Å²) in [5, 5.41) is 0.622. The van der Waals surface area contributed by atoms with E-state index in [1.165, 1.54) is 17.6 Å². The fraction of sp³-hybridized carbons (Fsp3) is 0.200. The summed E-state index contributed by atoms with van der Waals surface area (Å²) in [6, 6.07) is 8.89. The molecule has 1 aromatic carbocycles. The number of furan rings is 1. The van der Waals surface area contributed by atoms with Crippen molar-refractivity contribution in [1.29, 1.82) is 0 Å². The van der Waals surface area contributed by atoms with E-state index >= 15 is 0 Å². The summed E-state index contributed by atoms with van der Waals surface area (Å²) in [7, 11) is 1.63. The molecule has 3 rings (SSSR count). The lowest BCUT2D eigenvalue weighted by molar-refractivity contribution is 0.0971. The van der Waals surface area contributed by atoms with Crippen LogP contribution in [0.4, 0.5) is 0 Å². The van der Waals surface area contributed by atoms with Gasteiger partial charge in [-0.3, -0.25) is 4.79 Å². The summed E-state index contributed by atoms with van der Waals surface area (Å²) < 4.78 is 13.1. The maximum absolute atomic E-state index is 12.1. The molecule has 0 spiro atoms. The largest absolute Gasteiger partial charge is 0.459 e. The molecule has 5 nitrogen and oxygen atoms in total. The van der Waals surface area contributed by atoms with E-state index in [4.69, 9.17) is 20.8 Å². The van der Waals surface area contributed by atoms with E-state index in [1.807, 2.05) is 22.8 Å². The molecule has 114 valence electrons. The molecule has 0 atom stereocenters. The number of amides is 1. The number of nitrogens with zero attached hydrogens (tertiary/aromatic N) is 2. The van der Waals surface area contributed by atoms with Gasteiger partial charge in [-0.2, -0.15) is 4.99 Å². The fourth-order valence-electron chi connectivity index (χ4n) is 2.10. The Hall–Kier alpha value is -1.89. The molecule has 0 N–H and O–H groups in total. The zero-order valence-corrected chi connectivity index (χ0v) is 13.4. The number of methoxy groups -OCH3 is 1. The first-order valence-electron chi connectivity index (χ1n) is 6.60. The molecule has 22 heavy (non-hydrogen) atoms. The van der Waals surface area contributed by atoms with Crippen molar-refractivity contribution in [2.75, 3.05) is 13.7 Å². The molecule has 0 bridgehead atoms. The Morgan fingerprint density at radius 1 is 1.41 bits per heavy atom. The minimum Gasteiger partial charge on any atom is -0.459 e. The molecular weight excluding hydrogens is 324 g/mol. The smallest absolute Gasteiger partial charge is 0.315 e. The highest BCUT2D eigenvalue weighted by atomic mass is 35.5. The number of carbonyl (C=O) groups excluding carboxylic acids is 1. The first-order valence-corrected chi connectivity index (χ1v) is 7.79. The van der Waals surface area contributed by atoms with Gasteiger partial charge in [0.2, 0.25) is 0 Å². The number of fused-ring (bicyclic) bond motifs is 1. The van der Waals surface area contributed by atoms with Gasteiger partial charge < -0.3 is 13.7 Å². The number of carbonyl (C=O) groups is 1. The molecule has 0 radical (unpaired) electrons. The number of rotatable bonds is 4. The zero-order valence-electron chi connectivity index (χ0n) is 11.8. The molecule has 0 saturated carbocycles. The van der Waals surface area contributed by atoms with Gasteiger partial charge in [0.05, 0.1) is 28.1 Å². The maximum atomic E-state index is 12.1. The summed E-state index contributed by atoms with van der Waals surface area (Å²) in [5.74, 6) is -0.208. The van der Waals surface area contributed by atoms with Crippen molar-refractivity contribution in [2.24, 2.45) is 4.99 Å². The Morgan fingerprint density at radius 3 is 3.00 bits per heavy atom. The van der Waals surface area contributed by atoms with Gasteiger partial charge in [0, 0.05) is 13.7 Å². The van der Waals surface area contributed by atoms with Crippen LogP contribution < -0.4 is 4.80 Å². The van der Waals surface area contributed by atoms with Gasteiger partial charge in [0.1, 0.15) is 0 Å². The monoisotopic (exact) mass is 336 g/mol. The molecule has 0 unspecified atom stereocenters. The topological polar surface area (TPSA) is 56.7 Å². The Bertz CT molecular complexity index is 865. The summed E-state index contributed by atoms with van der Waals surface area (Å²) >= 11 is 7.70. The zero-order chi connectivity index (χ0) is 15.5. The number of aromatic nitrogens is 1. The van der Waals surface area contributed by atoms with Crippen LogP contribution >= 0.6 is 22.9 Å². The lowest BCUT2D eigenvalue weighted by Crippen LogP contribution is -2.19. The lowest BCUT2D eigenvalue weighted by Gasteiger charge is -2.05. The molecule has 3 aromatic rings. The summed E-state index contributed by atoms with van der Waals surface area (Å²) in [6.07, 6.45) is 1.45. The summed E-state index contributed by atoms with van der Waals surface area (Å²) in [4.78, 5) is 16.9. The van der Waals surface area contributed by atoms with Crippen LogP contribution in [0.15, 0.2) is 46.0 Å². The summed E-state index contributed by atoms with van der Waals surface area (Å²) in [5.41, 5.74) is 0.859. The second kappa shape index (κ2) is 6.48. The molecule has 1 amide bonds. The fourth-order valence-corrected chi connectivity index (χ4v) is 3.52. The van der Waals surface area contributed by atoms with E-state index in [-0.39, 0.29) is 5.76 Å². The molecule has 0 aliphatic carbocycles. The standard InChI is InChI=1S/C15H13ClN2O3S/c1-20-9-7-18-13-10(16)4-2-6-12(13)22-15(18)17-14(19)11-5-3-8-21-11/h2-6,8H,7,9H2,1H3. The van der Waals surface area contributed by atoms with Crippen LogP contribution in [-0.4, -0.2) is 24.2 Å². The van der Waals surface area contributed by atoms with Crippen LogP contribution in [0.25, 0.3) is 10.2 Å². The quantitative estimate of drug-likeness (QED) is 0.734. The third-order valence-corrected chi connectivity index (χ3v) is 4.45. The van der Waals surface area contributed by atoms with Gasteiger partial charge in [0.25, 0.3) is 0 Å². The molecule has 2 aromatic heterocycles. The third kappa shape index (κ3) is 2.85. The highest BCUT2D eigenvalue weighted by Gasteiger charge is 2.12. The first kappa shape index (κ1) is 15.0. The second-order valence-electron chi connectivity index (χ2n) is 4.51. The Labute approximate surface area is 135 Å². The van der Waals surface area contributed by atoms with Crippen LogP contribution in [0.1, 0.15) is 10.6 Å². The highest BCUT2D eigenvalue weighted by Crippen LogP contribution is 2.25. The number of hydrogen-bond donors (Lipinski definition) is 0. The van der Waals surface area contributed by atoms with Crippen molar-refractivity contribution in [1.82, 2.24) is 4.57 Å². The first-order chi connectivity index (χ1) is 10.7. The van der Waals surface area contributed by atoms with Gasteiger partial charge in [-0.05, 0) is 24.3 Å². The van der Waals surface area contributed by atoms with Crippen LogP contribution in [0.2, 0.25) is 5.02 Å². The van der Waals surface area contributed by atoms with Crippen molar-refractivity contribution in [3.8, 4) is 0 Å². The maximum Gasteiger partial charge on any atom is 0.315 e. The number of halogens is 1. The molecule has 0 aliphatic rings. The predicted molar refractivity (Wildman–Crippen MR) is 85.3 cm³/mol. The van der Waals surface area contributed by atoms with Gasteiger partial charge in [-0.15, -0.1) is 0 Å². The van der Waals surface area contributed by atoms with Crippen molar-refractivity contribution >= 4 is 39.1 Å². The van der Waals surface area contributed by atoms with Crippen LogP contribution in [0.5, 0.6) is 0 Å². The minimum atomic E-state index is -0.418. The average molecular weight is 337 g/mol. The molecule has 7 heteroatoms. The minimum absolute atomic E-state index is 0.210. The predicted octanol–water partition coefficient (Wildman–Crippen LogP) is 3.34. The number of benzene rings is 1. The van der Waals surface area contributed by atoms with Crippen molar-refractivity contribution < 1.29 is 13.9 Å². The van der Waals surface area contributed by atoms with Crippen molar-refractivity contribution in [2.45, 2.75) is 6.54 Å². The average Bonchev–Trinajstić information content (AvgIpc) is 3.13. The van der Waals surface area contributed by atoms with Gasteiger partial charge in [-0.1, -0.05) is 29.0 Å². The van der Waals surface area contributed by atoms with E-state index in [9.17, 15) is 4.79 Å². The van der Waals surface area contributed by atoms with Crippen LogP contribution in [-0.2, 0) is 11.3 Å². The van der Waals surface area contributed by atoms with Crippen molar-refractivity contribution in [3.05, 3.63) is 52.2 Å². The van der Waals surface area contributed by atoms with E-state index in [1.54, 1.807) is 19.2 Å². The van der Waals surface area contributed by atoms with E-state index in [2.05, 4.69) is 4.99 Å². The van der Waals surface area contributed by atoms with E-state index < -0.39 is 5.91 Å². The van der Waals surface area contributed by atoms with Gasteiger partial charge >= 0.3 is 5.91 Å². The Morgan fingerprint density at radius 2 is 2.27 bits per heavy atom. The van der Waals surface area contributed by atoms with E-state index in [0.717, 1.165) is 10.2 Å². The van der Waals surface area contributed by atoms with Gasteiger partial charge in [-0.25, -0.2) is 0 Å². The Kier molecular flexibility index (Phi) is 4.42. The number of ether oxygens (including phenoxy) is 1. The molecular formula is C15H13ClN2O3S. The van der Waals surface area contributed by atoms with Crippen molar-refractivity contribution in [3.63, 3.8) is 0 Å². The Balaban J connectivity index is 2.15. The normalized spacial score (nSPS) is 12.2. The van der Waals surface area contributed by atoms with Crippen LogP contribution in [0, 0.1) is 0 Å². The highest BCUT2D eigenvalue weighted by molar-refractivity contribution is 7.16. The lowest BCUT2D eigenvalue weighted by atomic mass is 10.3. The molecule has 2 heterocycles.